The molecule has 1 unspecified atom stereocenters. The molecular weight excluding hydrogens is 406 g/mol. The molecule has 0 aliphatic heterocycles. The van der Waals surface area contributed by atoms with Gasteiger partial charge in [0.15, 0.2) is 5.65 Å². The topological polar surface area (TPSA) is 65.4 Å². The molecule has 1 aliphatic carbocycles. The van der Waals surface area contributed by atoms with E-state index in [1.807, 2.05) is 26.0 Å². The van der Waals surface area contributed by atoms with Gasteiger partial charge in [-0.3, -0.25) is 5.10 Å². The monoisotopic (exact) mass is 438 g/mol. The molecule has 1 fully saturated rings. The van der Waals surface area contributed by atoms with Crippen LogP contribution < -0.4 is 0 Å². The van der Waals surface area contributed by atoms with Crippen molar-refractivity contribution < 1.29 is 10.2 Å². The summed E-state index contributed by atoms with van der Waals surface area (Å²) in [6.45, 7) is 3.98. The van der Waals surface area contributed by atoms with Crippen molar-refractivity contribution in [2.75, 3.05) is 0 Å². The van der Waals surface area contributed by atoms with Gasteiger partial charge in [0.2, 0.25) is 0 Å². The molecule has 3 aromatic rings. The first-order valence-corrected chi connectivity index (χ1v) is 11.6. The Morgan fingerprint density at radius 1 is 1.22 bits per heavy atom. The highest BCUT2D eigenvalue weighted by Crippen LogP contribution is 2.42. The lowest BCUT2D eigenvalue weighted by atomic mass is 9.75. The summed E-state index contributed by atoms with van der Waals surface area (Å²) in [5, 5.41) is 17.1. The summed E-state index contributed by atoms with van der Waals surface area (Å²) in [6.07, 6.45) is 9.15. The maximum atomic E-state index is 15.5. The van der Waals surface area contributed by atoms with Crippen molar-refractivity contribution in [3.05, 3.63) is 47.8 Å². The van der Waals surface area contributed by atoms with Crippen molar-refractivity contribution >= 4 is 11.0 Å². The smallest absolute Gasteiger partial charge is 0.261 e. The van der Waals surface area contributed by atoms with Crippen molar-refractivity contribution in [2.24, 2.45) is 5.92 Å². The molecule has 1 saturated carbocycles. The number of fused-ring (bicyclic) bond motifs is 1. The van der Waals surface area contributed by atoms with Crippen LogP contribution in [0.1, 0.15) is 77.8 Å². The second-order valence-corrected chi connectivity index (χ2v) is 9.43. The Labute approximate surface area is 189 Å². The summed E-state index contributed by atoms with van der Waals surface area (Å²) >= 11 is 0. The molecule has 32 heavy (non-hydrogen) atoms. The summed E-state index contributed by atoms with van der Waals surface area (Å²) in [7, 11) is 0. The van der Waals surface area contributed by atoms with Crippen LogP contribution in [0.4, 0.5) is 8.78 Å². The number of aromatic nitrogens is 3. The molecule has 1 aliphatic rings. The maximum absolute atomic E-state index is 15.5. The van der Waals surface area contributed by atoms with Crippen LogP contribution in [-0.2, 0) is 11.3 Å². The molecule has 0 amide bonds. The van der Waals surface area contributed by atoms with Crippen LogP contribution in [0.15, 0.2) is 36.7 Å². The molecule has 0 radical (unpaired) electrons. The molecule has 1 aromatic carbocycles. The van der Waals surface area contributed by atoms with Crippen LogP contribution in [0.3, 0.4) is 0 Å². The second-order valence-electron chi connectivity index (χ2n) is 9.43. The molecule has 2 heterocycles. The van der Waals surface area contributed by atoms with Crippen molar-refractivity contribution in [1.29, 1.82) is 5.26 Å². The first-order valence-electron chi connectivity index (χ1n) is 11.6. The number of alkyl halides is 2. The fraction of sp³-hybridized carbons (Fsp3) is 0.500. The fourth-order valence-corrected chi connectivity index (χ4v) is 4.88. The van der Waals surface area contributed by atoms with E-state index in [4.69, 9.17) is 0 Å². The average molecular weight is 439 g/mol. The SMILES string of the molecule is CCC(C)(CC#N)c1cc(-c2ccnc3[nH]ncc23)cc(C(F)(F)CCC2CCCC2)c1.[HH]. The highest BCUT2D eigenvalue weighted by atomic mass is 19.3. The lowest BCUT2D eigenvalue weighted by Crippen LogP contribution is -2.22. The van der Waals surface area contributed by atoms with Gasteiger partial charge in [-0.1, -0.05) is 45.6 Å². The van der Waals surface area contributed by atoms with Gasteiger partial charge in [-0.15, -0.1) is 0 Å². The zero-order valence-corrected chi connectivity index (χ0v) is 18.8. The number of aromatic amines is 1. The van der Waals surface area contributed by atoms with Gasteiger partial charge in [0.25, 0.3) is 5.92 Å². The van der Waals surface area contributed by atoms with E-state index >= 15 is 8.78 Å². The molecule has 6 heteroatoms. The number of pyridine rings is 1. The molecule has 1 atom stereocenters. The quantitative estimate of drug-likeness (QED) is 0.396. The van der Waals surface area contributed by atoms with Gasteiger partial charge in [-0.05, 0) is 53.6 Å². The van der Waals surface area contributed by atoms with Gasteiger partial charge in [0.1, 0.15) is 0 Å². The van der Waals surface area contributed by atoms with E-state index in [1.54, 1.807) is 24.5 Å². The number of hydrogen-bond acceptors (Lipinski definition) is 3. The third-order valence-corrected chi connectivity index (χ3v) is 7.31. The molecule has 1 N–H and O–H groups in total. The minimum Gasteiger partial charge on any atom is -0.261 e. The zero-order valence-electron chi connectivity index (χ0n) is 18.8. The van der Waals surface area contributed by atoms with Crippen LogP contribution in [0.2, 0.25) is 0 Å². The Morgan fingerprint density at radius 2 is 1.97 bits per heavy atom. The number of halogens is 2. The van der Waals surface area contributed by atoms with E-state index in [0.717, 1.165) is 42.2 Å². The Balaban J connectivity index is 0.00000306. The molecule has 0 saturated heterocycles. The molecule has 170 valence electrons. The molecule has 2 aromatic heterocycles. The minimum atomic E-state index is -2.92. The molecule has 0 spiro atoms. The number of nitrogens with one attached hydrogen (secondary N) is 1. The summed E-state index contributed by atoms with van der Waals surface area (Å²) in [5.41, 5.74) is 2.47. The van der Waals surface area contributed by atoms with Gasteiger partial charge in [0.05, 0.1) is 12.3 Å². The summed E-state index contributed by atoms with van der Waals surface area (Å²) in [4.78, 5) is 4.28. The summed E-state index contributed by atoms with van der Waals surface area (Å²) in [6, 6.07) is 9.29. The van der Waals surface area contributed by atoms with Crippen LogP contribution in [-0.4, -0.2) is 15.2 Å². The lowest BCUT2D eigenvalue weighted by molar-refractivity contribution is -0.0191. The van der Waals surface area contributed by atoms with Crippen LogP contribution >= 0.6 is 0 Å². The maximum Gasteiger partial charge on any atom is 0.273 e. The Morgan fingerprint density at radius 3 is 2.69 bits per heavy atom. The van der Waals surface area contributed by atoms with E-state index in [0.29, 0.717) is 30.0 Å². The molecule has 4 nitrogen and oxygen atoms in total. The largest absolute Gasteiger partial charge is 0.273 e. The lowest BCUT2D eigenvalue weighted by Gasteiger charge is -2.29. The number of rotatable bonds is 8. The molecule has 4 rings (SSSR count). The third-order valence-electron chi connectivity index (χ3n) is 7.31. The van der Waals surface area contributed by atoms with Gasteiger partial charge >= 0.3 is 0 Å². The van der Waals surface area contributed by atoms with Crippen LogP contribution in [0.5, 0.6) is 0 Å². The van der Waals surface area contributed by atoms with E-state index in [9.17, 15) is 5.26 Å². The number of benzene rings is 1. The summed E-state index contributed by atoms with van der Waals surface area (Å²) in [5.74, 6) is -2.51. The van der Waals surface area contributed by atoms with Crippen molar-refractivity contribution in [3.8, 4) is 17.2 Å². The Bertz CT molecular complexity index is 1130. The van der Waals surface area contributed by atoms with Gasteiger partial charge in [0, 0.05) is 36.8 Å². The predicted octanol–water partition coefficient (Wildman–Crippen LogP) is 7.51. The highest BCUT2D eigenvalue weighted by molar-refractivity contribution is 5.92. The van der Waals surface area contributed by atoms with Crippen LogP contribution in [0.25, 0.3) is 22.2 Å². The Hall–Kier alpha value is -2.81. The van der Waals surface area contributed by atoms with Gasteiger partial charge in [-0.25, -0.2) is 13.8 Å². The zero-order chi connectivity index (χ0) is 22.8. The van der Waals surface area contributed by atoms with Gasteiger partial charge in [-0.2, -0.15) is 10.4 Å². The van der Waals surface area contributed by atoms with E-state index in [2.05, 4.69) is 21.3 Å². The number of nitriles is 1. The van der Waals surface area contributed by atoms with Gasteiger partial charge < -0.3 is 0 Å². The number of nitrogens with zero attached hydrogens (tertiary/aromatic N) is 3. The number of H-pyrrole nitrogens is 1. The molecule has 0 bridgehead atoms. The number of hydrogen-bond donors (Lipinski definition) is 1. The van der Waals surface area contributed by atoms with E-state index < -0.39 is 11.3 Å². The highest BCUT2D eigenvalue weighted by Gasteiger charge is 2.35. The summed E-state index contributed by atoms with van der Waals surface area (Å²) < 4.78 is 31.0. The molecular formula is C26H32F2N4. The van der Waals surface area contributed by atoms with E-state index in [-0.39, 0.29) is 19.8 Å². The van der Waals surface area contributed by atoms with Crippen LogP contribution in [0, 0.1) is 17.2 Å². The fourth-order valence-electron chi connectivity index (χ4n) is 4.88. The van der Waals surface area contributed by atoms with E-state index in [1.165, 1.54) is 0 Å². The van der Waals surface area contributed by atoms with Crippen molar-refractivity contribution in [2.45, 2.75) is 76.6 Å². The standard InChI is InChI=1S/C26H30F2N4.H2/c1-3-25(2,11-12-29)20-14-19(22-9-13-30-24-23(22)17-31-32-24)15-21(16-20)26(27,28)10-8-18-6-4-5-7-18;/h9,13-18H,3-8,10-11H2,1-2H3,(H,30,31,32);1H. The third kappa shape index (κ3) is 4.39. The minimum absolute atomic E-state index is 0. The first kappa shape index (κ1) is 22.4. The Kier molecular flexibility index (Phi) is 6.28. The predicted molar refractivity (Wildman–Crippen MR) is 124 cm³/mol. The first-order chi connectivity index (χ1) is 15.4. The average Bonchev–Trinajstić information content (AvgIpc) is 3.49. The van der Waals surface area contributed by atoms with Crippen molar-refractivity contribution in [1.82, 2.24) is 15.2 Å². The normalized spacial score (nSPS) is 16.8. The van der Waals surface area contributed by atoms with Crippen molar-refractivity contribution in [3.63, 3.8) is 0 Å². The second kappa shape index (κ2) is 8.97.